The van der Waals surface area contributed by atoms with Crippen molar-refractivity contribution in [3.8, 4) is 12.3 Å². The van der Waals surface area contributed by atoms with Gasteiger partial charge in [-0.25, -0.2) is 4.39 Å². The van der Waals surface area contributed by atoms with E-state index >= 15 is 0 Å². The SMILES string of the molecule is C#CC1(C(=O)OC)Cn2cc(C(=O)C(F)(F)F)c3cccc(c32)C1CC(=O)c1ccc(F)cc1. The van der Waals surface area contributed by atoms with E-state index in [0.717, 1.165) is 25.4 Å². The van der Waals surface area contributed by atoms with Gasteiger partial charge in [-0.15, -0.1) is 6.42 Å². The number of carbonyl (C=O) groups excluding carboxylic acids is 3. The Morgan fingerprint density at radius 3 is 2.44 bits per heavy atom. The molecule has 3 aromatic rings. The fourth-order valence-corrected chi connectivity index (χ4v) is 4.59. The Balaban J connectivity index is 1.91. The molecule has 0 radical (unpaired) electrons. The first-order valence-corrected chi connectivity index (χ1v) is 10.1. The molecule has 0 N–H and O–H groups in total. The highest BCUT2D eigenvalue weighted by atomic mass is 19.4. The van der Waals surface area contributed by atoms with Crippen molar-refractivity contribution in [2.24, 2.45) is 5.41 Å². The van der Waals surface area contributed by atoms with Crippen LogP contribution in [0.1, 0.15) is 38.6 Å². The minimum atomic E-state index is -5.10. The molecular weight excluding hydrogens is 454 g/mol. The summed E-state index contributed by atoms with van der Waals surface area (Å²) in [5.74, 6) is -2.40. The lowest BCUT2D eigenvalue weighted by atomic mass is 9.67. The van der Waals surface area contributed by atoms with Gasteiger partial charge < -0.3 is 9.30 Å². The van der Waals surface area contributed by atoms with E-state index < -0.39 is 46.4 Å². The number of esters is 1. The number of methoxy groups -OCH3 is 1. The van der Waals surface area contributed by atoms with E-state index in [1.165, 1.54) is 28.8 Å². The Morgan fingerprint density at radius 1 is 1.18 bits per heavy atom. The van der Waals surface area contributed by atoms with Crippen LogP contribution in [-0.4, -0.2) is 35.4 Å². The topological polar surface area (TPSA) is 65.4 Å². The number of carbonyl (C=O) groups is 3. The molecule has 0 saturated heterocycles. The average Bonchev–Trinajstić information content (AvgIpc) is 3.18. The molecule has 1 aliphatic heterocycles. The molecule has 9 heteroatoms. The number of ketones is 2. The number of rotatable bonds is 5. The molecule has 0 bridgehead atoms. The first-order valence-electron chi connectivity index (χ1n) is 10.1. The summed E-state index contributed by atoms with van der Waals surface area (Å²) in [6.07, 6.45) is 1.41. The molecular formula is C25H17F4NO4. The van der Waals surface area contributed by atoms with Gasteiger partial charge in [0, 0.05) is 29.5 Å². The largest absolute Gasteiger partial charge is 0.468 e. The van der Waals surface area contributed by atoms with E-state index in [1.807, 2.05) is 0 Å². The Kier molecular flexibility index (Phi) is 5.56. The summed E-state index contributed by atoms with van der Waals surface area (Å²) in [4.78, 5) is 38.1. The van der Waals surface area contributed by atoms with E-state index in [2.05, 4.69) is 5.92 Å². The Hall–Kier alpha value is -3.93. The number of benzene rings is 2. The third-order valence-corrected chi connectivity index (χ3v) is 6.18. The molecule has 0 spiro atoms. The fraction of sp³-hybridized carbons (Fsp3) is 0.240. The summed E-state index contributed by atoms with van der Waals surface area (Å²) in [7, 11) is 1.12. The number of alkyl halides is 3. The molecule has 1 aromatic heterocycles. The molecule has 5 nitrogen and oxygen atoms in total. The molecule has 1 aliphatic rings. The van der Waals surface area contributed by atoms with Gasteiger partial charge in [0.15, 0.2) is 11.2 Å². The van der Waals surface area contributed by atoms with Crippen LogP contribution in [0.2, 0.25) is 0 Å². The minimum absolute atomic E-state index is 0.0366. The third kappa shape index (κ3) is 3.55. The van der Waals surface area contributed by atoms with E-state index in [4.69, 9.17) is 11.2 Å². The monoisotopic (exact) mass is 471 g/mol. The first kappa shape index (κ1) is 23.2. The molecule has 2 aromatic carbocycles. The Morgan fingerprint density at radius 2 is 1.85 bits per heavy atom. The molecule has 0 aliphatic carbocycles. The molecule has 2 atom stereocenters. The van der Waals surface area contributed by atoms with Crippen LogP contribution in [0.3, 0.4) is 0 Å². The highest BCUT2D eigenvalue weighted by Crippen LogP contribution is 2.49. The minimum Gasteiger partial charge on any atom is -0.468 e. The maximum atomic E-state index is 13.3. The summed E-state index contributed by atoms with van der Waals surface area (Å²) >= 11 is 0. The van der Waals surface area contributed by atoms with Crippen LogP contribution in [0.5, 0.6) is 0 Å². The van der Waals surface area contributed by atoms with E-state index in [-0.39, 0.29) is 29.4 Å². The zero-order valence-corrected chi connectivity index (χ0v) is 17.8. The van der Waals surface area contributed by atoms with Crippen molar-refractivity contribution in [1.82, 2.24) is 4.57 Å². The van der Waals surface area contributed by atoms with Crippen molar-refractivity contribution in [3.63, 3.8) is 0 Å². The average molecular weight is 471 g/mol. The van der Waals surface area contributed by atoms with E-state index in [1.54, 1.807) is 6.07 Å². The standard InChI is InChI=1S/C25H17F4NO4/c1-3-24(23(33)34-2)13-30-12-18(22(32)25(27,28)29)16-5-4-6-17(21(16)30)19(24)11-20(31)14-7-9-15(26)10-8-14/h1,4-10,12,19H,11,13H2,2H3. The lowest BCUT2D eigenvalue weighted by molar-refractivity contribution is -0.151. The van der Waals surface area contributed by atoms with Gasteiger partial charge in [-0.3, -0.25) is 14.4 Å². The van der Waals surface area contributed by atoms with Gasteiger partial charge in [0.1, 0.15) is 5.82 Å². The van der Waals surface area contributed by atoms with Gasteiger partial charge in [0.05, 0.1) is 24.7 Å². The van der Waals surface area contributed by atoms with Gasteiger partial charge in [-0.2, -0.15) is 13.2 Å². The van der Waals surface area contributed by atoms with Crippen molar-refractivity contribution < 1.29 is 36.7 Å². The summed E-state index contributed by atoms with van der Waals surface area (Å²) in [6.45, 7) is -0.295. The van der Waals surface area contributed by atoms with Gasteiger partial charge in [-0.1, -0.05) is 24.1 Å². The number of hydrogen-bond acceptors (Lipinski definition) is 4. The van der Waals surface area contributed by atoms with Crippen LogP contribution < -0.4 is 0 Å². The number of terminal acetylenes is 1. The van der Waals surface area contributed by atoms with Gasteiger partial charge in [0.25, 0.3) is 5.78 Å². The fourth-order valence-electron chi connectivity index (χ4n) is 4.59. The van der Waals surface area contributed by atoms with Crippen molar-refractivity contribution in [2.75, 3.05) is 7.11 Å². The maximum Gasteiger partial charge on any atom is 0.454 e. The van der Waals surface area contributed by atoms with E-state index in [0.29, 0.717) is 5.56 Å². The summed E-state index contributed by atoms with van der Waals surface area (Å²) in [5, 5.41) is 0.0366. The van der Waals surface area contributed by atoms with Crippen LogP contribution in [0.25, 0.3) is 10.9 Å². The van der Waals surface area contributed by atoms with Gasteiger partial charge in [0.2, 0.25) is 0 Å². The normalized spacial score (nSPS) is 19.5. The maximum absolute atomic E-state index is 13.3. The van der Waals surface area contributed by atoms with Crippen molar-refractivity contribution in [1.29, 1.82) is 0 Å². The number of halogens is 4. The third-order valence-electron chi connectivity index (χ3n) is 6.18. The van der Waals surface area contributed by atoms with Crippen LogP contribution in [0.15, 0.2) is 48.7 Å². The number of hydrogen-bond donors (Lipinski definition) is 0. The highest BCUT2D eigenvalue weighted by molar-refractivity contribution is 6.11. The van der Waals surface area contributed by atoms with Crippen molar-refractivity contribution >= 4 is 28.4 Å². The second kappa shape index (κ2) is 8.13. The van der Waals surface area contributed by atoms with Crippen molar-refractivity contribution in [3.05, 3.63) is 71.2 Å². The van der Waals surface area contributed by atoms with Gasteiger partial charge in [-0.05, 0) is 29.8 Å². The molecule has 2 unspecified atom stereocenters. The summed E-state index contributed by atoms with van der Waals surface area (Å²) in [5.41, 5.74) is -1.52. The highest BCUT2D eigenvalue weighted by Gasteiger charge is 2.51. The lowest BCUT2D eigenvalue weighted by Gasteiger charge is -2.38. The lowest BCUT2D eigenvalue weighted by Crippen LogP contribution is -2.44. The molecule has 34 heavy (non-hydrogen) atoms. The Labute approximate surface area is 191 Å². The Bertz CT molecular complexity index is 1360. The van der Waals surface area contributed by atoms with Crippen LogP contribution in [0, 0.1) is 23.6 Å². The van der Waals surface area contributed by atoms with E-state index in [9.17, 15) is 31.9 Å². The van der Waals surface area contributed by atoms with Crippen LogP contribution in [0.4, 0.5) is 17.6 Å². The number of Topliss-reactive ketones (excluding diaryl/α,β-unsaturated/α-hetero) is 2. The number of ether oxygens (including phenoxy) is 1. The zero-order valence-electron chi connectivity index (χ0n) is 17.8. The van der Waals surface area contributed by atoms with Crippen LogP contribution in [-0.2, 0) is 16.1 Å². The van der Waals surface area contributed by atoms with Crippen LogP contribution >= 0.6 is 0 Å². The number of para-hydroxylation sites is 1. The molecule has 0 amide bonds. The van der Waals surface area contributed by atoms with Crippen molar-refractivity contribution in [2.45, 2.75) is 25.1 Å². The first-order chi connectivity index (χ1) is 16.0. The molecule has 2 heterocycles. The summed E-state index contributed by atoms with van der Waals surface area (Å²) < 4.78 is 59.2. The predicted octanol–water partition coefficient (Wildman–Crippen LogP) is 4.69. The quantitative estimate of drug-likeness (QED) is 0.235. The number of nitrogens with zero attached hydrogens (tertiary/aromatic N) is 1. The smallest absolute Gasteiger partial charge is 0.454 e. The van der Waals surface area contributed by atoms with Gasteiger partial charge >= 0.3 is 12.1 Å². The number of aromatic nitrogens is 1. The molecule has 0 fully saturated rings. The zero-order chi connectivity index (χ0) is 24.8. The molecule has 4 rings (SSSR count). The molecule has 0 saturated carbocycles. The second-order valence-corrected chi connectivity index (χ2v) is 8.04. The second-order valence-electron chi connectivity index (χ2n) is 8.04. The predicted molar refractivity (Wildman–Crippen MR) is 114 cm³/mol. The summed E-state index contributed by atoms with van der Waals surface area (Å²) in [6, 6.07) is 9.17. The molecule has 174 valence electrons.